The summed E-state index contributed by atoms with van der Waals surface area (Å²) in [5, 5.41) is 1.22. The van der Waals surface area contributed by atoms with Gasteiger partial charge in [-0.05, 0) is 42.0 Å². The summed E-state index contributed by atoms with van der Waals surface area (Å²) in [5.74, 6) is -0.633. The van der Waals surface area contributed by atoms with E-state index in [0.29, 0.717) is 22.6 Å². The van der Waals surface area contributed by atoms with Crippen molar-refractivity contribution in [3.63, 3.8) is 0 Å². The highest BCUT2D eigenvalue weighted by atomic mass is 19.1. The summed E-state index contributed by atoms with van der Waals surface area (Å²) in [6, 6.07) is 22.2. The van der Waals surface area contributed by atoms with Gasteiger partial charge in [-0.15, -0.1) is 0 Å². The van der Waals surface area contributed by atoms with E-state index in [4.69, 9.17) is 4.74 Å². The fourth-order valence-electron chi connectivity index (χ4n) is 2.92. The van der Waals surface area contributed by atoms with Crippen molar-refractivity contribution in [2.45, 2.75) is 6.61 Å². The van der Waals surface area contributed by atoms with Crippen LogP contribution in [0.25, 0.3) is 6.08 Å². The van der Waals surface area contributed by atoms with E-state index in [1.807, 2.05) is 6.07 Å². The highest BCUT2D eigenvalue weighted by Crippen LogP contribution is 2.22. The fourth-order valence-corrected chi connectivity index (χ4v) is 2.92. The molecule has 1 N–H and O–H groups in total. The first-order valence-electron chi connectivity index (χ1n) is 9.00. The Morgan fingerprint density at radius 1 is 0.897 bits per heavy atom. The molecule has 0 radical (unpaired) electrons. The Morgan fingerprint density at radius 3 is 2.31 bits per heavy atom. The first-order valence-corrected chi connectivity index (χ1v) is 9.00. The van der Waals surface area contributed by atoms with Gasteiger partial charge in [-0.2, -0.15) is 0 Å². The zero-order valence-electron chi connectivity index (χ0n) is 15.3. The summed E-state index contributed by atoms with van der Waals surface area (Å²) in [6.07, 6.45) is 1.53. The number of halogens is 1. The highest BCUT2D eigenvalue weighted by Gasteiger charge is 2.34. The van der Waals surface area contributed by atoms with Crippen molar-refractivity contribution in [2.75, 3.05) is 5.01 Å². The molecule has 144 valence electrons. The molecule has 1 aliphatic rings. The summed E-state index contributed by atoms with van der Waals surface area (Å²) in [6.45, 7) is 0.111. The smallest absolute Gasteiger partial charge is 0.282 e. The summed E-state index contributed by atoms with van der Waals surface area (Å²) in [4.78, 5) is 24.8. The van der Waals surface area contributed by atoms with Gasteiger partial charge >= 0.3 is 0 Å². The predicted molar refractivity (Wildman–Crippen MR) is 107 cm³/mol. The number of hydrogen-bond donors (Lipinski definition) is 1. The zero-order chi connectivity index (χ0) is 20.2. The number of hydrogen-bond acceptors (Lipinski definition) is 3. The maximum Gasteiger partial charge on any atom is 0.282 e. The molecular formula is C23H17FN2O3. The molecule has 4 rings (SSSR count). The normalized spacial score (nSPS) is 14.9. The number of amides is 2. The maximum atomic E-state index is 13.6. The van der Waals surface area contributed by atoms with E-state index in [0.717, 1.165) is 0 Å². The van der Waals surface area contributed by atoms with Gasteiger partial charge in [0.05, 0.1) is 5.69 Å². The van der Waals surface area contributed by atoms with Crippen molar-refractivity contribution in [1.29, 1.82) is 0 Å². The molecule has 0 bridgehead atoms. The standard InChI is InChI=1S/C23H17FN2O3/c24-21-9-5-4-6-17(21)15-29-19-12-10-16(11-13-19)14-20-22(27)25-26(23(20)28)18-7-2-1-3-8-18/h1-14H,15H2,(H,25,27)/b20-14-. The van der Waals surface area contributed by atoms with Crippen molar-refractivity contribution in [2.24, 2.45) is 0 Å². The Labute approximate surface area is 167 Å². The fraction of sp³-hybridized carbons (Fsp3) is 0.0435. The van der Waals surface area contributed by atoms with Crippen LogP contribution in [0, 0.1) is 5.82 Å². The summed E-state index contributed by atoms with van der Waals surface area (Å²) in [7, 11) is 0. The molecule has 0 aliphatic carbocycles. The number of carbonyl (C=O) groups excluding carboxylic acids is 2. The average molecular weight is 388 g/mol. The molecule has 0 atom stereocenters. The van der Waals surface area contributed by atoms with Gasteiger partial charge in [-0.25, -0.2) is 9.40 Å². The van der Waals surface area contributed by atoms with Gasteiger partial charge in [-0.3, -0.25) is 15.0 Å². The maximum absolute atomic E-state index is 13.6. The van der Waals surface area contributed by atoms with Crippen molar-refractivity contribution < 1.29 is 18.7 Å². The molecule has 1 aliphatic heterocycles. The minimum atomic E-state index is -0.460. The van der Waals surface area contributed by atoms with Crippen LogP contribution in [0.1, 0.15) is 11.1 Å². The average Bonchev–Trinajstić information content (AvgIpc) is 3.03. The SMILES string of the molecule is O=C1NN(c2ccccc2)C(=O)/C1=C\c1ccc(OCc2ccccc2F)cc1. The Kier molecular flexibility index (Phi) is 5.07. The monoisotopic (exact) mass is 388 g/mol. The van der Waals surface area contributed by atoms with E-state index in [1.54, 1.807) is 66.7 Å². The van der Waals surface area contributed by atoms with Crippen LogP contribution in [0.5, 0.6) is 5.75 Å². The summed E-state index contributed by atoms with van der Waals surface area (Å²) < 4.78 is 19.2. The molecule has 5 nitrogen and oxygen atoms in total. The lowest BCUT2D eigenvalue weighted by atomic mass is 10.1. The van der Waals surface area contributed by atoms with Crippen molar-refractivity contribution in [1.82, 2.24) is 5.43 Å². The molecule has 0 spiro atoms. The number of para-hydroxylation sites is 1. The topological polar surface area (TPSA) is 58.6 Å². The molecule has 0 aromatic heterocycles. The van der Waals surface area contributed by atoms with Crippen molar-refractivity contribution in [3.8, 4) is 5.75 Å². The second kappa shape index (κ2) is 7.98. The largest absolute Gasteiger partial charge is 0.489 e. The number of anilines is 1. The second-order valence-corrected chi connectivity index (χ2v) is 6.42. The molecule has 3 aromatic rings. The van der Waals surface area contributed by atoms with Crippen LogP contribution in [0.2, 0.25) is 0 Å². The number of ether oxygens (including phenoxy) is 1. The molecule has 0 saturated carbocycles. The molecule has 1 fully saturated rings. The van der Waals surface area contributed by atoms with Gasteiger partial charge in [0.2, 0.25) is 0 Å². The number of nitrogens with one attached hydrogen (secondary N) is 1. The van der Waals surface area contributed by atoms with Crippen molar-refractivity contribution in [3.05, 3.63) is 101 Å². The van der Waals surface area contributed by atoms with E-state index in [-0.39, 0.29) is 18.0 Å². The predicted octanol–water partition coefficient (Wildman–Crippen LogP) is 3.87. The molecule has 1 saturated heterocycles. The molecular weight excluding hydrogens is 371 g/mol. The molecule has 2 amide bonds. The second-order valence-electron chi connectivity index (χ2n) is 6.42. The van der Waals surface area contributed by atoms with E-state index in [2.05, 4.69) is 5.43 Å². The minimum absolute atomic E-state index is 0.0499. The van der Waals surface area contributed by atoms with Crippen LogP contribution < -0.4 is 15.2 Å². The van der Waals surface area contributed by atoms with Gasteiger partial charge < -0.3 is 4.74 Å². The first kappa shape index (κ1) is 18.4. The van der Waals surface area contributed by atoms with Crippen LogP contribution in [-0.4, -0.2) is 11.8 Å². The Balaban J connectivity index is 1.46. The first-order chi connectivity index (χ1) is 14.1. The highest BCUT2D eigenvalue weighted by molar-refractivity contribution is 6.31. The Morgan fingerprint density at radius 2 is 1.59 bits per heavy atom. The lowest BCUT2D eigenvalue weighted by Crippen LogP contribution is -2.35. The number of hydrazine groups is 1. The lowest BCUT2D eigenvalue weighted by molar-refractivity contribution is -0.117. The van der Waals surface area contributed by atoms with Crippen LogP contribution in [0.4, 0.5) is 10.1 Å². The van der Waals surface area contributed by atoms with Crippen LogP contribution >= 0.6 is 0 Å². The Hall–Kier alpha value is -3.93. The molecule has 3 aromatic carbocycles. The van der Waals surface area contributed by atoms with E-state index < -0.39 is 11.8 Å². The molecule has 0 unspecified atom stereocenters. The molecule has 1 heterocycles. The Bertz CT molecular complexity index is 1080. The third kappa shape index (κ3) is 4.01. The quantitative estimate of drug-likeness (QED) is 0.533. The van der Waals surface area contributed by atoms with Crippen molar-refractivity contribution >= 4 is 23.6 Å². The van der Waals surface area contributed by atoms with E-state index in [1.165, 1.54) is 17.2 Å². The number of rotatable bonds is 5. The summed E-state index contributed by atoms with van der Waals surface area (Å²) in [5.41, 5.74) is 4.34. The van der Waals surface area contributed by atoms with Crippen LogP contribution in [-0.2, 0) is 16.2 Å². The van der Waals surface area contributed by atoms with Gasteiger partial charge in [0.25, 0.3) is 11.8 Å². The minimum Gasteiger partial charge on any atom is -0.489 e. The number of nitrogens with zero attached hydrogens (tertiary/aromatic N) is 1. The summed E-state index contributed by atoms with van der Waals surface area (Å²) >= 11 is 0. The van der Waals surface area contributed by atoms with Crippen LogP contribution in [0.15, 0.2) is 84.4 Å². The van der Waals surface area contributed by atoms with E-state index >= 15 is 0 Å². The molecule has 29 heavy (non-hydrogen) atoms. The number of carbonyl (C=O) groups is 2. The van der Waals surface area contributed by atoms with E-state index in [9.17, 15) is 14.0 Å². The van der Waals surface area contributed by atoms with Gasteiger partial charge in [-0.1, -0.05) is 48.5 Å². The lowest BCUT2D eigenvalue weighted by Gasteiger charge is -2.13. The number of benzene rings is 3. The third-order valence-corrected chi connectivity index (χ3v) is 4.45. The van der Waals surface area contributed by atoms with Crippen LogP contribution in [0.3, 0.4) is 0 Å². The third-order valence-electron chi connectivity index (χ3n) is 4.45. The zero-order valence-corrected chi connectivity index (χ0v) is 15.3. The van der Waals surface area contributed by atoms with Gasteiger partial charge in [0.1, 0.15) is 23.7 Å². The van der Waals surface area contributed by atoms with Gasteiger partial charge in [0.15, 0.2) is 0 Å². The van der Waals surface area contributed by atoms with Gasteiger partial charge in [0, 0.05) is 5.56 Å². The molecule has 6 heteroatoms.